The van der Waals surface area contributed by atoms with Gasteiger partial charge in [0, 0.05) is 54.4 Å². The van der Waals surface area contributed by atoms with Crippen LogP contribution in [0.1, 0.15) is 0 Å². The molecule has 0 spiro atoms. The summed E-state index contributed by atoms with van der Waals surface area (Å²) in [5.74, 6) is 0.506. The van der Waals surface area contributed by atoms with Crippen LogP contribution in [0.5, 0.6) is 0 Å². The second-order valence-electron chi connectivity index (χ2n) is 6.62. The molecular weight excluding hydrogens is 332 g/mol. The monoisotopic (exact) mass is 356 g/mol. The molecule has 1 aromatic carbocycles. The third-order valence-electron chi connectivity index (χ3n) is 4.32. The molecule has 4 nitrogen and oxygen atoms in total. The number of nitrogens with zero attached hydrogens (tertiary/aromatic N) is 2. The Labute approximate surface area is 154 Å². The Hall–Kier alpha value is -1.88. The van der Waals surface area contributed by atoms with E-state index in [1.807, 2.05) is 30.5 Å². The Morgan fingerprint density at radius 2 is 2.08 bits per heavy atom. The van der Waals surface area contributed by atoms with Crippen LogP contribution >= 0.6 is 11.6 Å². The van der Waals surface area contributed by atoms with Crippen LogP contribution in [-0.2, 0) is 0 Å². The van der Waals surface area contributed by atoms with E-state index in [1.165, 1.54) is 5.57 Å². The number of fused-ring (bicyclic) bond motifs is 1. The SMILES string of the molecule is CN(C)CC1=CC=CC1CNCCNc1ccnc2cc(Cl)ccc12. The normalized spacial score (nSPS) is 16.6. The van der Waals surface area contributed by atoms with Gasteiger partial charge in [0.2, 0.25) is 0 Å². The molecule has 1 aliphatic rings. The van der Waals surface area contributed by atoms with Crippen molar-refractivity contribution < 1.29 is 0 Å². The summed E-state index contributed by atoms with van der Waals surface area (Å²) in [6.07, 6.45) is 8.49. The molecule has 1 heterocycles. The van der Waals surface area contributed by atoms with Crippen molar-refractivity contribution in [2.24, 2.45) is 5.92 Å². The van der Waals surface area contributed by atoms with Crippen LogP contribution in [0.15, 0.2) is 54.3 Å². The molecule has 1 aromatic heterocycles. The predicted molar refractivity (Wildman–Crippen MR) is 107 cm³/mol. The number of nitrogens with one attached hydrogen (secondary N) is 2. The van der Waals surface area contributed by atoms with E-state index >= 15 is 0 Å². The fraction of sp³-hybridized carbons (Fsp3) is 0.350. The van der Waals surface area contributed by atoms with Gasteiger partial charge in [-0.2, -0.15) is 0 Å². The minimum Gasteiger partial charge on any atom is -0.383 e. The first-order valence-electron chi connectivity index (χ1n) is 8.64. The van der Waals surface area contributed by atoms with Crippen molar-refractivity contribution in [3.8, 4) is 0 Å². The van der Waals surface area contributed by atoms with E-state index in [-0.39, 0.29) is 0 Å². The number of allylic oxidation sites excluding steroid dienone is 2. The van der Waals surface area contributed by atoms with Crippen molar-refractivity contribution in [1.82, 2.24) is 15.2 Å². The van der Waals surface area contributed by atoms with E-state index in [2.05, 4.69) is 52.8 Å². The third-order valence-corrected chi connectivity index (χ3v) is 4.55. The van der Waals surface area contributed by atoms with E-state index in [4.69, 9.17) is 11.6 Å². The number of pyridine rings is 1. The summed E-state index contributed by atoms with van der Waals surface area (Å²) in [6, 6.07) is 7.82. The lowest BCUT2D eigenvalue weighted by molar-refractivity contribution is 0.428. The summed E-state index contributed by atoms with van der Waals surface area (Å²) < 4.78 is 0. The Morgan fingerprint density at radius 3 is 2.92 bits per heavy atom. The fourth-order valence-corrected chi connectivity index (χ4v) is 3.28. The van der Waals surface area contributed by atoms with Gasteiger partial charge in [0.1, 0.15) is 0 Å². The van der Waals surface area contributed by atoms with Gasteiger partial charge in [-0.15, -0.1) is 0 Å². The first-order valence-corrected chi connectivity index (χ1v) is 9.02. The minimum atomic E-state index is 0.506. The zero-order chi connectivity index (χ0) is 17.6. The van der Waals surface area contributed by atoms with E-state index in [0.717, 1.165) is 42.8 Å². The molecule has 0 aliphatic heterocycles. The van der Waals surface area contributed by atoms with Gasteiger partial charge in [-0.1, -0.05) is 29.8 Å². The van der Waals surface area contributed by atoms with Gasteiger partial charge in [-0.3, -0.25) is 4.98 Å². The minimum absolute atomic E-state index is 0.506. The molecule has 0 radical (unpaired) electrons. The first-order chi connectivity index (χ1) is 12.1. The smallest absolute Gasteiger partial charge is 0.0737 e. The van der Waals surface area contributed by atoms with Crippen molar-refractivity contribution >= 4 is 28.2 Å². The lowest BCUT2D eigenvalue weighted by Crippen LogP contribution is -2.29. The molecule has 2 N–H and O–H groups in total. The third kappa shape index (κ3) is 4.82. The predicted octanol–water partition coefficient (Wildman–Crippen LogP) is 3.56. The quantitative estimate of drug-likeness (QED) is 0.709. The number of likely N-dealkylation sites (N-methyl/N-ethyl adjacent to an activating group) is 1. The van der Waals surface area contributed by atoms with Crippen LogP contribution in [0.25, 0.3) is 10.9 Å². The second kappa shape index (κ2) is 8.48. The molecule has 3 rings (SSSR count). The van der Waals surface area contributed by atoms with E-state index in [1.54, 1.807) is 0 Å². The van der Waals surface area contributed by atoms with Crippen molar-refractivity contribution in [2.45, 2.75) is 0 Å². The highest BCUT2D eigenvalue weighted by atomic mass is 35.5. The van der Waals surface area contributed by atoms with E-state index in [0.29, 0.717) is 10.9 Å². The van der Waals surface area contributed by atoms with Crippen molar-refractivity contribution in [2.75, 3.05) is 45.6 Å². The summed E-state index contributed by atoms with van der Waals surface area (Å²) in [6.45, 7) is 3.77. The van der Waals surface area contributed by atoms with Gasteiger partial charge in [0.05, 0.1) is 5.52 Å². The molecule has 2 aromatic rings. The standard InChI is InChI=1S/C20H25ClN4/c1-25(2)14-16-5-3-4-15(16)13-22-10-11-24-19-8-9-23-20-12-17(21)6-7-18(19)20/h3-9,12,15,22H,10-11,13-14H2,1-2H3,(H,23,24). The van der Waals surface area contributed by atoms with Crippen LogP contribution in [0, 0.1) is 5.92 Å². The summed E-state index contributed by atoms with van der Waals surface area (Å²) in [4.78, 5) is 6.59. The number of anilines is 1. The van der Waals surface area contributed by atoms with Gasteiger partial charge in [-0.25, -0.2) is 0 Å². The molecule has 5 heteroatoms. The largest absolute Gasteiger partial charge is 0.383 e. The maximum Gasteiger partial charge on any atom is 0.0737 e. The first kappa shape index (κ1) is 17.9. The number of halogens is 1. The average molecular weight is 357 g/mol. The number of benzene rings is 1. The second-order valence-corrected chi connectivity index (χ2v) is 7.06. The Morgan fingerprint density at radius 1 is 1.20 bits per heavy atom. The van der Waals surface area contributed by atoms with Crippen LogP contribution in [0.4, 0.5) is 5.69 Å². The topological polar surface area (TPSA) is 40.2 Å². The molecule has 1 aliphatic carbocycles. The maximum atomic E-state index is 6.04. The lowest BCUT2D eigenvalue weighted by atomic mass is 10.0. The van der Waals surface area contributed by atoms with Crippen LogP contribution < -0.4 is 10.6 Å². The van der Waals surface area contributed by atoms with Gasteiger partial charge in [0.25, 0.3) is 0 Å². The highest BCUT2D eigenvalue weighted by Gasteiger charge is 2.14. The van der Waals surface area contributed by atoms with Gasteiger partial charge in [0.15, 0.2) is 0 Å². The number of rotatable bonds is 8. The van der Waals surface area contributed by atoms with Crippen molar-refractivity contribution in [3.63, 3.8) is 0 Å². The molecule has 0 bridgehead atoms. The highest BCUT2D eigenvalue weighted by Crippen LogP contribution is 2.24. The Bertz CT molecular complexity index is 782. The van der Waals surface area contributed by atoms with E-state index < -0.39 is 0 Å². The zero-order valence-corrected chi connectivity index (χ0v) is 15.6. The lowest BCUT2D eigenvalue weighted by Gasteiger charge is -2.18. The molecule has 132 valence electrons. The van der Waals surface area contributed by atoms with Crippen LogP contribution in [0.2, 0.25) is 5.02 Å². The molecule has 0 saturated heterocycles. The average Bonchev–Trinajstić information content (AvgIpc) is 3.00. The van der Waals surface area contributed by atoms with Crippen LogP contribution in [-0.4, -0.2) is 50.2 Å². The van der Waals surface area contributed by atoms with Crippen molar-refractivity contribution in [1.29, 1.82) is 0 Å². The Kier molecular flexibility index (Phi) is 6.08. The molecule has 25 heavy (non-hydrogen) atoms. The molecule has 1 unspecified atom stereocenters. The molecule has 0 fully saturated rings. The number of aromatic nitrogens is 1. The number of hydrogen-bond acceptors (Lipinski definition) is 4. The maximum absolute atomic E-state index is 6.04. The van der Waals surface area contributed by atoms with E-state index in [9.17, 15) is 0 Å². The summed E-state index contributed by atoms with van der Waals surface area (Å²) >= 11 is 6.04. The fourth-order valence-electron chi connectivity index (χ4n) is 3.11. The Balaban J connectivity index is 1.46. The van der Waals surface area contributed by atoms with Crippen LogP contribution in [0.3, 0.4) is 0 Å². The highest BCUT2D eigenvalue weighted by molar-refractivity contribution is 6.31. The summed E-state index contributed by atoms with van der Waals surface area (Å²) in [5, 5.41) is 8.85. The molecule has 1 atom stereocenters. The summed E-state index contributed by atoms with van der Waals surface area (Å²) in [7, 11) is 4.22. The summed E-state index contributed by atoms with van der Waals surface area (Å²) in [5.41, 5.74) is 3.49. The molecular formula is C20H25ClN4. The van der Waals surface area contributed by atoms with Crippen molar-refractivity contribution in [3.05, 3.63) is 59.3 Å². The zero-order valence-electron chi connectivity index (χ0n) is 14.8. The molecule has 0 amide bonds. The molecule has 0 saturated carbocycles. The number of hydrogen-bond donors (Lipinski definition) is 2. The van der Waals surface area contributed by atoms with Gasteiger partial charge >= 0.3 is 0 Å². The van der Waals surface area contributed by atoms with Gasteiger partial charge in [-0.05, 0) is 43.9 Å². The van der Waals surface area contributed by atoms with Gasteiger partial charge < -0.3 is 15.5 Å².